The van der Waals surface area contributed by atoms with Crippen LogP contribution in [0.4, 0.5) is 0 Å². The normalized spacial score (nSPS) is 12.6. The molecule has 0 bridgehead atoms. The zero-order valence-electron chi connectivity index (χ0n) is 10.6. The lowest BCUT2D eigenvalue weighted by molar-refractivity contribution is 0.556. The van der Waals surface area contributed by atoms with Gasteiger partial charge in [0.05, 0.1) is 5.02 Å². The summed E-state index contributed by atoms with van der Waals surface area (Å²) in [5.41, 5.74) is 2.49. The zero-order chi connectivity index (χ0) is 13.0. The van der Waals surface area contributed by atoms with Crippen LogP contribution in [0.15, 0.2) is 29.9 Å². The van der Waals surface area contributed by atoms with Crippen molar-refractivity contribution in [1.29, 1.82) is 0 Å². The molecule has 0 aliphatic carbocycles. The quantitative estimate of drug-likeness (QED) is 0.895. The third-order valence-corrected chi connectivity index (χ3v) is 4.42. The molecule has 2 heterocycles. The molecule has 2 rings (SSSR count). The highest BCUT2D eigenvalue weighted by Gasteiger charge is 2.16. The first-order valence-corrected chi connectivity index (χ1v) is 7.34. The number of hydrogen-bond acceptors (Lipinski definition) is 3. The van der Waals surface area contributed by atoms with Gasteiger partial charge in [-0.2, -0.15) is 0 Å². The van der Waals surface area contributed by atoms with Crippen molar-refractivity contribution >= 4 is 22.9 Å². The molecule has 0 saturated heterocycles. The van der Waals surface area contributed by atoms with Crippen LogP contribution in [0, 0.1) is 6.92 Å². The third kappa shape index (κ3) is 3.10. The maximum atomic E-state index is 6.18. The Balaban J connectivity index is 2.22. The number of rotatable bonds is 5. The molecular weight excluding hydrogens is 264 g/mol. The van der Waals surface area contributed by atoms with Crippen molar-refractivity contribution in [3.63, 3.8) is 0 Å². The fourth-order valence-corrected chi connectivity index (χ4v) is 3.23. The van der Waals surface area contributed by atoms with Gasteiger partial charge in [0.1, 0.15) is 0 Å². The minimum absolute atomic E-state index is 0.329. The number of hydrogen-bond donors (Lipinski definition) is 1. The van der Waals surface area contributed by atoms with Gasteiger partial charge in [0.15, 0.2) is 0 Å². The summed E-state index contributed by atoms with van der Waals surface area (Å²) in [5, 5.41) is 6.42. The average molecular weight is 281 g/mol. The lowest BCUT2D eigenvalue weighted by atomic mass is 10.0. The SMILES string of the molecule is CCNC(Cc1ccncc1Cl)c1sccc1C. The monoisotopic (exact) mass is 280 g/mol. The Hall–Kier alpha value is -0.900. The first kappa shape index (κ1) is 13.5. The first-order valence-electron chi connectivity index (χ1n) is 6.08. The van der Waals surface area contributed by atoms with Crippen LogP contribution in [0.25, 0.3) is 0 Å². The van der Waals surface area contributed by atoms with E-state index in [0.29, 0.717) is 6.04 Å². The van der Waals surface area contributed by atoms with E-state index in [-0.39, 0.29) is 0 Å². The summed E-state index contributed by atoms with van der Waals surface area (Å²) in [4.78, 5) is 5.42. The van der Waals surface area contributed by atoms with Crippen molar-refractivity contribution in [2.24, 2.45) is 0 Å². The molecule has 0 aromatic carbocycles. The Bertz CT molecular complexity index is 510. The maximum Gasteiger partial charge on any atom is 0.0622 e. The van der Waals surface area contributed by atoms with Gasteiger partial charge in [-0.1, -0.05) is 18.5 Å². The molecule has 2 aromatic heterocycles. The molecule has 1 atom stereocenters. The van der Waals surface area contributed by atoms with Crippen LogP contribution in [0.2, 0.25) is 5.02 Å². The molecule has 18 heavy (non-hydrogen) atoms. The zero-order valence-corrected chi connectivity index (χ0v) is 12.2. The molecule has 1 unspecified atom stereocenters. The number of nitrogens with one attached hydrogen (secondary N) is 1. The van der Waals surface area contributed by atoms with E-state index in [9.17, 15) is 0 Å². The predicted octanol–water partition coefficient (Wildman–Crippen LogP) is 4.00. The van der Waals surface area contributed by atoms with Crippen molar-refractivity contribution in [3.05, 3.63) is 50.9 Å². The third-order valence-electron chi connectivity index (χ3n) is 2.95. The van der Waals surface area contributed by atoms with E-state index in [0.717, 1.165) is 23.6 Å². The fourth-order valence-electron chi connectivity index (χ4n) is 2.03. The van der Waals surface area contributed by atoms with Gasteiger partial charge < -0.3 is 5.32 Å². The molecule has 96 valence electrons. The smallest absolute Gasteiger partial charge is 0.0622 e. The van der Waals surface area contributed by atoms with Crippen molar-refractivity contribution in [2.75, 3.05) is 6.54 Å². The second-order valence-corrected chi connectivity index (χ2v) is 5.60. The molecule has 2 nitrogen and oxygen atoms in total. The second-order valence-electron chi connectivity index (χ2n) is 4.25. The fraction of sp³-hybridized carbons (Fsp3) is 0.357. The number of aromatic nitrogens is 1. The van der Waals surface area contributed by atoms with E-state index < -0.39 is 0 Å². The molecule has 0 amide bonds. The van der Waals surface area contributed by atoms with Gasteiger partial charge in [0.2, 0.25) is 0 Å². The molecule has 0 radical (unpaired) electrons. The van der Waals surface area contributed by atoms with Crippen molar-refractivity contribution < 1.29 is 0 Å². The van der Waals surface area contributed by atoms with E-state index in [2.05, 4.69) is 35.6 Å². The summed E-state index contributed by atoms with van der Waals surface area (Å²) < 4.78 is 0. The van der Waals surface area contributed by atoms with Crippen LogP contribution in [0.5, 0.6) is 0 Å². The van der Waals surface area contributed by atoms with Gasteiger partial charge in [-0.25, -0.2) is 0 Å². The molecular formula is C14H17ClN2S. The number of halogens is 1. The van der Waals surface area contributed by atoms with Crippen LogP contribution in [0.3, 0.4) is 0 Å². The highest BCUT2D eigenvalue weighted by molar-refractivity contribution is 7.10. The number of pyridine rings is 1. The van der Waals surface area contributed by atoms with E-state index >= 15 is 0 Å². The molecule has 0 fully saturated rings. The molecule has 0 aliphatic heterocycles. The van der Waals surface area contributed by atoms with Crippen LogP contribution < -0.4 is 5.32 Å². The number of likely N-dealkylation sites (N-methyl/N-ethyl adjacent to an activating group) is 1. The van der Waals surface area contributed by atoms with Gasteiger partial charge in [0.25, 0.3) is 0 Å². The lowest BCUT2D eigenvalue weighted by Gasteiger charge is -2.18. The van der Waals surface area contributed by atoms with Crippen LogP contribution in [-0.2, 0) is 6.42 Å². The molecule has 1 N–H and O–H groups in total. The summed E-state index contributed by atoms with van der Waals surface area (Å²) in [6.45, 7) is 5.24. The van der Waals surface area contributed by atoms with Crippen molar-refractivity contribution in [2.45, 2.75) is 26.3 Å². The average Bonchev–Trinajstić information content (AvgIpc) is 2.78. The summed E-state index contributed by atoms with van der Waals surface area (Å²) in [5.74, 6) is 0. The Labute approximate surface area is 117 Å². The summed E-state index contributed by atoms with van der Waals surface area (Å²) >= 11 is 7.98. The predicted molar refractivity (Wildman–Crippen MR) is 78.4 cm³/mol. The first-order chi connectivity index (χ1) is 8.72. The van der Waals surface area contributed by atoms with Crippen LogP contribution in [0.1, 0.15) is 29.0 Å². The second kappa shape index (κ2) is 6.32. The van der Waals surface area contributed by atoms with Gasteiger partial charge in [0, 0.05) is 23.3 Å². The molecule has 4 heteroatoms. The summed E-state index contributed by atoms with van der Waals surface area (Å²) in [6.07, 6.45) is 4.41. The standard InChI is InChI=1S/C14H17ClN2S/c1-3-17-13(14-10(2)5-7-18-14)8-11-4-6-16-9-12(11)15/h4-7,9,13,17H,3,8H2,1-2H3. The highest BCUT2D eigenvalue weighted by atomic mass is 35.5. The topological polar surface area (TPSA) is 24.9 Å². The Morgan fingerprint density at radius 1 is 1.44 bits per heavy atom. The van der Waals surface area contributed by atoms with Crippen LogP contribution >= 0.6 is 22.9 Å². The van der Waals surface area contributed by atoms with Crippen LogP contribution in [-0.4, -0.2) is 11.5 Å². The van der Waals surface area contributed by atoms with E-state index in [1.54, 1.807) is 23.7 Å². The Morgan fingerprint density at radius 2 is 2.28 bits per heavy atom. The molecule has 0 aliphatic rings. The minimum atomic E-state index is 0.329. The largest absolute Gasteiger partial charge is 0.309 e. The van der Waals surface area contributed by atoms with Gasteiger partial charge in [-0.05, 0) is 48.5 Å². The minimum Gasteiger partial charge on any atom is -0.309 e. The summed E-state index contributed by atoms with van der Waals surface area (Å²) in [6, 6.07) is 4.49. The number of nitrogens with zero attached hydrogens (tertiary/aromatic N) is 1. The van der Waals surface area contributed by atoms with Gasteiger partial charge in [-0.15, -0.1) is 11.3 Å². The van der Waals surface area contributed by atoms with Gasteiger partial charge in [-0.3, -0.25) is 4.98 Å². The van der Waals surface area contributed by atoms with Crippen molar-refractivity contribution in [1.82, 2.24) is 10.3 Å². The summed E-state index contributed by atoms with van der Waals surface area (Å²) in [7, 11) is 0. The lowest BCUT2D eigenvalue weighted by Crippen LogP contribution is -2.22. The Morgan fingerprint density at radius 3 is 2.89 bits per heavy atom. The Kier molecular flexibility index (Phi) is 4.75. The highest BCUT2D eigenvalue weighted by Crippen LogP contribution is 2.28. The van der Waals surface area contributed by atoms with Gasteiger partial charge >= 0.3 is 0 Å². The molecule has 0 saturated carbocycles. The molecule has 0 spiro atoms. The van der Waals surface area contributed by atoms with Crippen molar-refractivity contribution in [3.8, 4) is 0 Å². The maximum absolute atomic E-state index is 6.18. The van der Waals surface area contributed by atoms with E-state index in [1.165, 1.54) is 10.4 Å². The number of thiophene rings is 1. The number of aryl methyl sites for hydroxylation is 1. The van der Waals surface area contributed by atoms with E-state index in [4.69, 9.17) is 11.6 Å². The molecule has 2 aromatic rings. The van der Waals surface area contributed by atoms with E-state index in [1.807, 2.05) is 6.07 Å².